The third-order valence-corrected chi connectivity index (χ3v) is 3.67. The number of carbonyl (C=O) groups is 1. The molecule has 1 saturated heterocycles. The molecule has 1 aliphatic heterocycles. The second-order valence-electron chi connectivity index (χ2n) is 2.94. The lowest BCUT2D eigenvalue weighted by Gasteiger charge is -2.34. The predicted molar refractivity (Wildman–Crippen MR) is 52.8 cm³/mol. The van der Waals surface area contributed by atoms with Crippen LogP contribution in [0.3, 0.4) is 0 Å². The highest BCUT2D eigenvalue weighted by Crippen LogP contribution is 2.25. The Morgan fingerprint density at radius 3 is 2.77 bits per heavy atom. The zero-order chi connectivity index (χ0) is 9.42. The van der Waals surface area contributed by atoms with Gasteiger partial charge in [0.05, 0.1) is 18.7 Å². The maximum absolute atomic E-state index is 12.5. The van der Waals surface area contributed by atoms with Crippen LogP contribution >= 0.6 is 27.3 Å². The van der Waals surface area contributed by atoms with Gasteiger partial charge in [-0.1, -0.05) is 0 Å². The Labute approximate surface area is 87.5 Å². The summed E-state index contributed by atoms with van der Waals surface area (Å²) in [4.78, 5) is 13.1. The van der Waals surface area contributed by atoms with Gasteiger partial charge < -0.3 is 4.90 Å². The van der Waals surface area contributed by atoms with Crippen LogP contribution in [0.25, 0.3) is 0 Å². The van der Waals surface area contributed by atoms with Crippen LogP contribution in [-0.4, -0.2) is 30.1 Å². The topological polar surface area (TPSA) is 20.3 Å². The van der Waals surface area contributed by atoms with Crippen molar-refractivity contribution in [2.75, 3.05) is 13.1 Å². The van der Waals surface area contributed by atoms with Gasteiger partial charge in [0.2, 0.25) is 0 Å². The summed E-state index contributed by atoms with van der Waals surface area (Å²) < 4.78 is 13.3. The van der Waals surface area contributed by atoms with E-state index < -0.39 is 6.17 Å². The molecule has 1 aliphatic rings. The number of halogens is 2. The second kappa shape index (κ2) is 3.38. The molecule has 1 fully saturated rings. The molecule has 2 rings (SSSR count). The van der Waals surface area contributed by atoms with Gasteiger partial charge >= 0.3 is 0 Å². The molecule has 5 heteroatoms. The molecule has 0 radical (unpaired) electrons. The summed E-state index contributed by atoms with van der Waals surface area (Å²) in [6.07, 6.45) is -0.832. The SMILES string of the molecule is O=C(c1cscc1Br)N1CC(F)C1. The highest BCUT2D eigenvalue weighted by molar-refractivity contribution is 9.10. The van der Waals surface area contributed by atoms with Crippen LogP contribution in [0.2, 0.25) is 0 Å². The number of alkyl halides is 1. The van der Waals surface area contributed by atoms with Crippen molar-refractivity contribution < 1.29 is 9.18 Å². The standard InChI is InChI=1S/C8H7BrFNOS/c9-7-4-13-3-6(7)8(12)11-1-5(10)2-11/h3-5H,1-2H2. The molecule has 0 spiro atoms. The van der Waals surface area contributed by atoms with E-state index in [1.807, 2.05) is 5.38 Å². The van der Waals surface area contributed by atoms with Crippen molar-refractivity contribution >= 4 is 33.2 Å². The smallest absolute Gasteiger partial charge is 0.256 e. The maximum atomic E-state index is 12.5. The lowest BCUT2D eigenvalue weighted by molar-refractivity contribution is 0.0400. The summed E-state index contributed by atoms with van der Waals surface area (Å²) >= 11 is 4.73. The molecule has 70 valence electrons. The first kappa shape index (κ1) is 9.15. The van der Waals surface area contributed by atoms with Gasteiger partial charge in [-0.3, -0.25) is 4.79 Å². The van der Waals surface area contributed by atoms with E-state index in [-0.39, 0.29) is 19.0 Å². The van der Waals surface area contributed by atoms with Crippen LogP contribution in [0.15, 0.2) is 15.2 Å². The van der Waals surface area contributed by atoms with Gasteiger partial charge in [-0.2, -0.15) is 11.3 Å². The van der Waals surface area contributed by atoms with E-state index in [1.54, 1.807) is 5.38 Å². The van der Waals surface area contributed by atoms with Gasteiger partial charge in [-0.15, -0.1) is 0 Å². The maximum Gasteiger partial charge on any atom is 0.256 e. The van der Waals surface area contributed by atoms with Crippen LogP contribution in [0.1, 0.15) is 10.4 Å². The summed E-state index contributed by atoms with van der Waals surface area (Å²) in [6, 6.07) is 0. The molecule has 1 amide bonds. The highest BCUT2D eigenvalue weighted by atomic mass is 79.9. The number of hydrogen-bond acceptors (Lipinski definition) is 2. The molecule has 1 aromatic rings. The van der Waals surface area contributed by atoms with E-state index in [0.29, 0.717) is 5.56 Å². The van der Waals surface area contributed by atoms with Crippen molar-refractivity contribution in [1.82, 2.24) is 4.90 Å². The molecule has 0 atom stereocenters. The quantitative estimate of drug-likeness (QED) is 0.762. The molecule has 1 aromatic heterocycles. The third-order valence-electron chi connectivity index (χ3n) is 1.97. The van der Waals surface area contributed by atoms with E-state index in [4.69, 9.17) is 0 Å². The van der Waals surface area contributed by atoms with E-state index in [1.165, 1.54) is 16.2 Å². The first-order chi connectivity index (χ1) is 6.18. The van der Waals surface area contributed by atoms with Crippen LogP contribution in [0, 0.1) is 0 Å². The number of hydrogen-bond donors (Lipinski definition) is 0. The van der Waals surface area contributed by atoms with Gasteiger partial charge in [0, 0.05) is 15.2 Å². The fourth-order valence-electron chi connectivity index (χ4n) is 1.20. The van der Waals surface area contributed by atoms with Crippen molar-refractivity contribution in [2.24, 2.45) is 0 Å². The average molecular weight is 264 g/mol. The van der Waals surface area contributed by atoms with Crippen LogP contribution in [-0.2, 0) is 0 Å². The molecule has 2 nitrogen and oxygen atoms in total. The van der Waals surface area contributed by atoms with Crippen molar-refractivity contribution in [2.45, 2.75) is 6.17 Å². The Hall–Kier alpha value is -0.420. The molecule has 0 aliphatic carbocycles. The predicted octanol–water partition coefficient (Wildman–Crippen LogP) is 2.30. The molecule has 0 aromatic carbocycles. The van der Waals surface area contributed by atoms with Crippen LogP contribution < -0.4 is 0 Å². The zero-order valence-corrected chi connectivity index (χ0v) is 9.07. The zero-order valence-electron chi connectivity index (χ0n) is 6.67. The van der Waals surface area contributed by atoms with Crippen molar-refractivity contribution in [3.05, 3.63) is 20.8 Å². The molecule has 13 heavy (non-hydrogen) atoms. The van der Waals surface area contributed by atoms with Gasteiger partial charge in [0.25, 0.3) is 5.91 Å². The van der Waals surface area contributed by atoms with Crippen LogP contribution in [0.5, 0.6) is 0 Å². The number of carbonyl (C=O) groups excluding carboxylic acids is 1. The van der Waals surface area contributed by atoms with Crippen LogP contribution in [0.4, 0.5) is 4.39 Å². The lowest BCUT2D eigenvalue weighted by atomic mass is 10.1. The molecule has 2 heterocycles. The normalized spacial score (nSPS) is 17.2. The first-order valence-electron chi connectivity index (χ1n) is 3.83. The Bertz CT molecular complexity index is 335. The van der Waals surface area contributed by atoms with Crippen molar-refractivity contribution in [3.8, 4) is 0 Å². The van der Waals surface area contributed by atoms with E-state index >= 15 is 0 Å². The van der Waals surface area contributed by atoms with Gasteiger partial charge in [-0.05, 0) is 15.9 Å². The molecule has 0 N–H and O–H groups in total. The Morgan fingerprint density at radius 2 is 2.31 bits per heavy atom. The fraction of sp³-hybridized carbons (Fsp3) is 0.375. The number of likely N-dealkylation sites (tertiary alicyclic amines) is 1. The summed E-state index contributed by atoms with van der Waals surface area (Å²) in [6.45, 7) is 0.474. The van der Waals surface area contributed by atoms with E-state index in [9.17, 15) is 9.18 Å². The minimum Gasteiger partial charge on any atom is -0.333 e. The molecule has 0 saturated carbocycles. The number of thiophene rings is 1. The molecule has 0 unspecified atom stereocenters. The summed E-state index contributed by atoms with van der Waals surface area (Å²) in [5, 5.41) is 3.62. The molecular weight excluding hydrogens is 257 g/mol. The Kier molecular flexibility index (Phi) is 2.38. The van der Waals surface area contributed by atoms with Crippen molar-refractivity contribution in [1.29, 1.82) is 0 Å². The Balaban J connectivity index is 2.10. The fourth-order valence-corrected chi connectivity index (χ4v) is 2.63. The minimum atomic E-state index is -0.832. The second-order valence-corrected chi connectivity index (χ2v) is 4.54. The average Bonchev–Trinajstić information content (AvgIpc) is 2.44. The molecular formula is C8H7BrFNOS. The first-order valence-corrected chi connectivity index (χ1v) is 5.57. The minimum absolute atomic E-state index is 0.0815. The van der Waals surface area contributed by atoms with E-state index in [2.05, 4.69) is 15.9 Å². The van der Waals surface area contributed by atoms with Gasteiger partial charge in [0.15, 0.2) is 0 Å². The number of amides is 1. The number of nitrogens with zero attached hydrogens (tertiary/aromatic N) is 1. The van der Waals surface area contributed by atoms with Gasteiger partial charge in [0.1, 0.15) is 6.17 Å². The summed E-state index contributed by atoms with van der Waals surface area (Å²) in [5.41, 5.74) is 0.636. The summed E-state index contributed by atoms with van der Waals surface area (Å²) in [7, 11) is 0. The lowest BCUT2D eigenvalue weighted by Crippen LogP contribution is -2.51. The highest BCUT2D eigenvalue weighted by Gasteiger charge is 2.31. The monoisotopic (exact) mass is 263 g/mol. The van der Waals surface area contributed by atoms with Gasteiger partial charge in [-0.25, -0.2) is 4.39 Å². The van der Waals surface area contributed by atoms with Crippen molar-refractivity contribution in [3.63, 3.8) is 0 Å². The molecule has 0 bridgehead atoms. The number of rotatable bonds is 1. The Morgan fingerprint density at radius 1 is 1.62 bits per heavy atom. The third kappa shape index (κ3) is 1.62. The largest absolute Gasteiger partial charge is 0.333 e. The summed E-state index contributed by atoms with van der Waals surface area (Å²) in [5.74, 6) is -0.0815. The van der Waals surface area contributed by atoms with E-state index in [0.717, 1.165) is 4.47 Å².